The third-order valence-electron chi connectivity index (χ3n) is 5.09. The van der Waals surface area contributed by atoms with Gasteiger partial charge in [-0.1, -0.05) is 26.0 Å². The van der Waals surface area contributed by atoms with Gasteiger partial charge < -0.3 is 10.2 Å². The molecule has 2 aromatic rings. The fraction of sp³-hybridized carbons (Fsp3) is 0.583. The first-order valence-electron chi connectivity index (χ1n) is 11.1. The van der Waals surface area contributed by atoms with Gasteiger partial charge in [-0.3, -0.25) is 19.8 Å². The molecule has 0 aliphatic heterocycles. The van der Waals surface area contributed by atoms with Crippen molar-refractivity contribution in [2.24, 2.45) is 0 Å². The van der Waals surface area contributed by atoms with Crippen LogP contribution in [-0.2, 0) is 0 Å². The van der Waals surface area contributed by atoms with Crippen LogP contribution in [0.1, 0.15) is 64.0 Å². The van der Waals surface area contributed by atoms with Crippen LogP contribution in [0.15, 0.2) is 48.8 Å². The number of nitrogens with zero attached hydrogens (tertiary/aromatic N) is 4. The first kappa shape index (κ1) is 24.4. The molecular weight excluding hydrogens is 376 g/mol. The molecule has 2 aromatic heterocycles. The van der Waals surface area contributed by atoms with E-state index in [0.717, 1.165) is 37.3 Å². The van der Waals surface area contributed by atoms with E-state index in [0.29, 0.717) is 13.1 Å². The zero-order chi connectivity index (χ0) is 21.9. The van der Waals surface area contributed by atoms with Crippen LogP contribution in [0.2, 0.25) is 0 Å². The summed E-state index contributed by atoms with van der Waals surface area (Å²) in [6, 6.07) is 11.8. The van der Waals surface area contributed by atoms with Crippen LogP contribution in [0.4, 0.5) is 0 Å². The van der Waals surface area contributed by atoms with Gasteiger partial charge in [0, 0.05) is 25.5 Å². The van der Waals surface area contributed by atoms with Crippen molar-refractivity contribution >= 4 is 0 Å². The van der Waals surface area contributed by atoms with Crippen LogP contribution >= 0.6 is 0 Å². The van der Waals surface area contributed by atoms with Gasteiger partial charge in [-0.25, -0.2) is 0 Å². The minimum absolute atomic E-state index is 0.0431. The number of hydrogen-bond donors (Lipinski definition) is 2. The van der Waals surface area contributed by atoms with E-state index in [1.165, 1.54) is 0 Å². The lowest BCUT2D eigenvalue weighted by Gasteiger charge is -2.43. The van der Waals surface area contributed by atoms with Crippen molar-refractivity contribution in [3.05, 3.63) is 60.2 Å². The van der Waals surface area contributed by atoms with E-state index in [2.05, 4.69) is 29.7 Å². The Bertz CT molecular complexity index is 681. The molecule has 0 aromatic carbocycles. The summed E-state index contributed by atoms with van der Waals surface area (Å²) in [4.78, 5) is 14.1. The van der Waals surface area contributed by atoms with Crippen molar-refractivity contribution in [2.45, 2.75) is 64.8 Å². The summed E-state index contributed by atoms with van der Waals surface area (Å²) in [6.07, 6.45) is 4.66. The maximum atomic E-state index is 10.3. The van der Waals surface area contributed by atoms with Crippen LogP contribution in [0.25, 0.3) is 0 Å². The lowest BCUT2D eigenvalue weighted by atomic mass is 9.95. The second-order valence-corrected chi connectivity index (χ2v) is 8.09. The SMILES string of the molecule is CCCN(CCC)[C@H](c1ccccn1)[C@@H](c1ccccn1)N(C[C@@H](C)O)C[C@@H](C)O. The Labute approximate surface area is 181 Å². The van der Waals surface area contributed by atoms with Crippen LogP contribution < -0.4 is 0 Å². The number of hydrogen-bond acceptors (Lipinski definition) is 6. The summed E-state index contributed by atoms with van der Waals surface area (Å²) in [7, 11) is 0. The zero-order valence-electron chi connectivity index (χ0n) is 18.9. The normalized spacial score (nSPS) is 15.9. The molecule has 0 bridgehead atoms. The molecule has 0 saturated heterocycles. The van der Waals surface area contributed by atoms with Gasteiger partial charge in [0.15, 0.2) is 0 Å². The molecule has 166 valence electrons. The first-order chi connectivity index (χ1) is 14.5. The predicted molar refractivity (Wildman–Crippen MR) is 121 cm³/mol. The van der Waals surface area contributed by atoms with Crippen molar-refractivity contribution in [3.8, 4) is 0 Å². The van der Waals surface area contributed by atoms with E-state index in [1.807, 2.05) is 42.7 Å². The fourth-order valence-corrected chi connectivity index (χ4v) is 4.14. The molecule has 0 unspecified atom stereocenters. The van der Waals surface area contributed by atoms with Crippen LogP contribution in [-0.4, -0.2) is 68.4 Å². The maximum absolute atomic E-state index is 10.3. The van der Waals surface area contributed by atoms with Gasteiger partial charge >= 0.3 is 0 Å². The average molecular weight is 415 g/mol. The summed E-state index contributed by atoms with van der Waals surface area (Å²) in [6.45, 7) is 10.7. The van der Waals surface area contributed by atoms with Crippen molar-refractivity contribution in [3.63, 3.8) is 0 Å². The number of rotatable bonds is 13. The summed E-state index contributed by atoms with van der Waals surface area (Å²) in [5, 5.41) is 20.5. The monoisotopic (exact) mass is 414 g/mol. The molecule has 0 aliphatic rings. The summed E-state index contributed by atoms with van der Waals surface area (Å²) in [5.41, 5.74) is 1.91. The molecular formula is C24H38N4O2. The highest BCUT2D eigenvalue weighted by Gasteiger charge is 2.36. The summed E-state index contributed by atoms with van der Waals surface area (Å²) >= 11 is 0. The topological polar surface area (TPSA) is 72.7 Å². The predicted octanol–water partition coefficient (Wildman–Crippen LogP) is 3.44. The minimum Gasteiger partial charge on any atom is -0.392 e. The Kier molecular flexibility index (Phi) is 10.4. The molecule has 0 aliphatic carbocycles. The Balaban J connectivity index is 2.63. The molecule has 2 N–H and O–H groups in total. The third-order valence-corrected chi connectivity index (χ3v) is 5.09. The molecule has 2 rings (SSSR count). The van der Waals surface area contributed by atoms with Crippen molar-refractivity contribution in [2.75, 3.05) is 26.2 Å². The summed E-state index contributed by atoms with van der Waals surface area (Å²) in [5.74, 6) is 0. The van der Waals surface area contributed by atoms with Crippen molar-refractivity contribution in [1.29, 1.82) is 0 Å². The van der Waals surface area contributed by atoms with Gasteiger partial charge in [-0.15, -0.1) is 0 Å². The van der Waals surface area contributed by atoms with E-state index in [4.69, 9.17) is 9.97 Å². The molecule has 6 heteroatoms. The average Bonchev–Trinajstić information content (AvgIpc) is 2.72. The fourth-order valence-electron chi connectivity index (χ4n) is 4.14. The summed E-state index contributed by atoms with van der Waals surface area (Å²) < 4.78 is 0. The van der Waals surface area contributed by atoms with Gasteiger partial charge in [0.2, 0.25) is 0 Å². The molecule has 2 heterocycles. The van der Waals surface area contributed by atoms with Gasteiger partial charge in [-0.2, -0.15) is 0 Å². The molecule has 0 saturated carbocycles. The van der Waals surface area contributed by atoms with E-state index in [1.54, 1.807) is 13.8 Å². The van der Waals surface area contributed by atoms with Crippen molar-refractivity contribution < 1.29 is 10.2 Å². The van der Waals surface area contributed by atoms with E-state index in [-0.39, 0.29) is 12.1 Å². The molecule has 0 amide bonds. The largest absolute Gasteiger partial charge is 0.392 e. The number of aliphatic hydroxyl groups excluding tert-OH is 2. The first-order valence-corrected chi connectivity index (χ1v) is 11.1. The molecule has 0 radical (unpaired) electrons. The zero-order valence-corrected chi connectivity index (χ0v) is 18.9. The lowest BCUT2D eigenvalue weighted by Crippen LogP contribution is -2.46. The standard InChI is InChI=1S/C24H38N4O2/c1-5-15-27(16-6-2)23(21-11-7-9-13-25-21)24(22-12-8-10-14-26-22)28(17-19(3)29)18-20(4)30/h7-14,19-20,23-24,29-30H,5-6,15-18H2,1-4H3/t19-,20-,23-,24-/m1/s1. The second-order valence-electron chi connectivity index (χ2n) is 8.09. The van der Waals surface area contributed by atoms with Crippen LogP contribution in [0, 0.1) is 0 Å². The number of aliphatic hydroxyl groups is 2. The third kappa shape index (κ3) is 7.13. The molecule has 4 atom stereocenters. The Morgan fingerprint density at radius 3 is 1.50 bits per heavy atom. The Morgan fingerprint density at radius 2 is 1.17 bits per heavy atom. The molecule has 6 nitrogen and oxygen atoms in total. The molecule has 0 spiro atoms. The molecule has 30 heavy (non-hydrogen) atoms. The Morgan fingerprint density at radius 1 is 0.733 bits per heavy atom. The minimum atomic E-state index is -0.523. The maximum Gasteiger partial charge on any atom is 0.0737 e. The van der Waals surface area contributed by atoms with E-state index in [9.17, 15) is 10.2 Å². The van der Waals surface area contributed by atoms with E-state index >= 15 is 0 Å². The van der Waals surface area contributed by atoms with Gasteiger partial charge in [0.25, 0.3) is 0 Å². The Hall–Kier alpha value is -1.86. The highest BCUT2D eigenvalue weighted by Crippen LogP contribution is 2.37. The lowest BCUT2D eigenvalue weighted by molar-refractivity contribution is 0.0136. The highest BCUT2D eigenvalue weighted by atomic mass is 16.3. The smallest absolute Gasteiger partial charge is 0.0737 e. The highest BCUT2D eigenvalue weighted by molar-refractivity contribution is 5.19. The van der Waals surface area contributed by atoms with Crippen LogP contribution in [0.3, 0.4) is 0 Å². The van der Waals surface area contributed by atoms with Crippen LogP contribution in [0.5, 0.6) is 0 Å². The van der Waals surface area contributed by atoms with E-state index < -0.39 is 12.2 Å². The van der Waals surface area contributed by atoms with Gasteiger partial charge in [-0.05, 0) is 64.0 Å². The van der Waals surface area contributed by atoms with Crippen molar-refractivity contribution in [1.82, 2.24) is 19.8 Å². The number of aromatic nitrogens is 2. The van der Waals surface area contributed by atoms with Gasteiger partial charge in [0.1, 0.15) is 0 Å². The molecule has 0 fully saturated rings. The number of pyridine rings is 2. The van der Waals surface area contributed by atoms with Gasteiger partial charge in [0.05, 0.1) is 35.7 Å². The second kappa shape index (κ2) is 12.7. The quantitative estimate of drug-likeness (QED) is 0.523.